The number of aromatic nitrogens is 1. The van der Waals surface area contributed by atoms with Gasteiger partial charge in [0.05, 0.1) is 6.04 Å². The second-order valence-corrected chi connectivity index (χ2v) is 7.27. The fraction of sp³-hybridized carbons (Fsp3) is 0.167. The maximum absolute atomic E-state index is 13.0. The minimum atomic E-state index is -0.891. The van der Waals surface area contributed by atoms with Gasteiger partial charge in [0.25, 0.3) is 5.91 Å². The number of cyclic esters (lactones) is 1. The van der Waals surface area contributed by atoms with Crippen LogP contribution < -0.4 is 5.32 Å². The van der Waals surface area contributed by atoms with E-state index in [-0.39, 0.29) is 11.8 Å². The lowest BCUT2D eigenvalue weighted by Crippen LogP contribution is -2.38. The lowest BCUT2D eigenvalue weighted by atomic mass is 9.99. The van der Waals surface area contributed by atoms with Crippen LogP contribution in [0.15, 0.2) is 78.0 Å². The van der Waals surface area contributed by atoms with E-state index in [1.807, 2.05) is 62.4 Å². The number of amides is 1. The summed E-state index contributed by atoms with van der Waals surface area (Å²) in [6, 6.07) is 16.8. The number of ether oxygens (including phenoxy) is 1. The standard InChI is InChI=1S/C24H21N3O3/c1-15-12-16(2)14-19(13-15)22(28)26-20(17-8-10-25-11-9-17)21-24(29)30-23(27-21)18-6-4-3-5-7-18/h3-14,20-21H,1-2H3,(H,26,28)/t20-,21-/m0/s1. The first-order valence-corrected chi connectivity index (χ1v) is 9.65. The molecular weight excluding hydrogens is 378 g/mol. The van der Waals surface area contributed by atoms with Crippen molar-refractivity contribution in [2.75, 3.05) is 0 Å². The van der Waals surface area contributed by atoms with Gasteiger partial charge in [-0.15, -0.1) is 0 Å². The minimum absolute atomic E-state index is 0.255. The van der Waals surface area contributed by atoms with E-state index in [9.17, 15) is 9.59 Å². The van der Waals surface area contributed by atoms with Crippen molar-refractivity contribution in [1.82, 2.24) is 10.3 Å². The van der Waals surface area contributed by atoms with Gasteiger partial charge in [-0.05, 0) is 55.8 Å². The van der Waals surface area contributed by atoms with Gasteiger partial charge in [0.2, 0.25) is 5.90 Å². The van der Waals surface area contributed by atoms with E-state index in [4.69, 9.17) is 4.74 Å². The number of hydrogen-bond acceptors (Lipinski definition) is 5. The molecule has 0 radical (unpaired) electrons. The Morgan fingerprint density at radius 1 is 1.00 bits per heavy atom. The molecule has 0 unspecified atom stereocenters. The van der Waals surface area contributed by atoms with Gasteiger partial charge in [-0.2, -0.15) is 0 Å². The molecule has 2 heterocycles. The van der Waals surface area contributed by atoms with E-state index < -0.39 is 18.1 Å². The zero-order valence-corrected chi connectivity index (χ0v) is 16.7. The molecule has 1 N–H and O–H groups in total. The Bertz CT molecular complexity index is 1090. The number of esters is 1. The van der Waals surface area contributed by atoms with Crippen LogP contribution >= 0.6 is 0 Å². The first kappa shape index (κ1) is 19.5. The Morgan fingerprint density at radius 3 is 2.33 bits per heavy atom. The second-order valence-electron chi connectivity index (χ2n) is 7.27. The summed E-state index contributed by atoms with van der Waals surface area (Å²) in [6.07, 6.45) is 3.24. The molecule has 6 nitrogen and oxygen atoms in total. The fourth-order valence-electron chi connectivity index (χ4n) is 3.53. The molecule has 2 atom stereocenters. The summed E-state index contributed by atoms with van der Waals surface area (Å²) in [5, 5.41) is 2.97. The zero-order chi connectivity index (χ0) is 21.1. The molecule has 4 rings (SSSR count). The normalized spacial score (nSPS) is 16.5. The van der Waals surface area contributed by atoms with Crippen LogP contribution in [0, 0.1) is 13.8 Å². The molecule has 2 aromatic carbocycles. The molecule has 0 fully saturated rings. The number of aliphatic imine (C=N–C) groups is 1. The van der Waals surface area contributed by atoms with Crippen LogP contribution in [-0.4, -0.2) is 28.8 Å². The fourth-order valence-corrected chi connectivity index (χ4v) is 3.53. The Kier molecular flexibility index (Phi) is 5.39. The number of nitrogens with one attached hydrogen (secondary N) is 1. The summed E-state index contributed by atoms with van der Waals surface area (Å²) in [6.45, 7) is 3.88. The molecule has 0 aliphatic carbocycles. The quantitative estimate of drug-likeness (QED) is 0.666. The number of carbonyl (C=O) groups is 2. The van der Waals surface area contributed by atoms with Gasteiger partial charge < -0.3 is 10.1 Å². The molecule has 1 aromatic heterocycles. The average molecular weight is 399 g/mol. The van der Waals surface area contributed by atoms with E-state index in [2.05, 4.69) is 15.3 Å². The largest absolute Gasteiger partial charge is 0.405 e. The molecule has 30 heavy (non-hydrogen) atoms. The van der Waals surface area contributed by atoms with E-state index in [0.717, 1.165) is 16.7 Å². The number of pyridine rings is 1. The summed E-state index contributed by atoms with van der Waals surface area (Å²) in [5.74, 6) is -0.526. The Morgan fingerprint density at radius 2 is 1.67 bits per heavy atom. The molecule has 3 aromatic rings. The summed E-state index contributed by atoms with van der Waals surface area (Å²) >= 11 is 0. The minimum Gasteiger partial charge on any atom is -0.405 e. The smallest absolute Gasteiger partial charge is 0.340 e. The first-order chi connectivity index (χ1) is 14.5. The average Bonchev–Trinajstić information content (AvgIpc) is 3.14. The predicted molar refractivity (Wildman–Crippen MR) is 113 cm³/mol. The van der Waals surface area contributed by atoms with Crippen molar-refractivity contribution < 1.29 is 14.3 Å². The SMILES string of the molecule is Cc1cc(C)cc(C(=O)N[C@@H](c2ccncc2)[C@@H]2N=C(c3ccccc3)OC2=O)c1. The van der Waals surface area contributed by atoms with Crippen LogP contribution in [0.5, 0.6) is 0 Å². The molecule has 0 saturated carbocycles. The van der Waals surface area contributed by atoms with Crippen molar-refractivity contribution in [2.45, 2.75) is 25.9 Å². The molecule has 1 amide bonds. The highest BCUT2D eigenvalue weighted by Crippen LogP contribution is 2.26. The van der Waals surface area contributed by atoms with Crippen LogP contribution in [0.1, 0.15) is 38.7 Å². The van der Waals surface area contributed by atoms with Crippen LogP contribution in [0.3, 0.4) is 0 Å². The topological polar surface area (TPSA) is 80.7 Å². The molecule has 6 heteroatoms. The van der Waals surface area contributed by atoms with E-state index in [1.165, 1.54) is 0 Å². The highest BCUT2D eigenvalue weighted by atomic mass is 16.6. The highest BCUT2D eigenvalue weighted by molar-refractivity contribution is 6.06. The number of carbonyl (C=O) groups excluding carboxylic acids is 2. The van der Waals surface area contributed by atoms with Crippen molar-refractivity contribution in [3.05, 3.63) is 101 Å². The maximum atomic E-state index is 13.0. The molecule has 1 aliphatic rings. The van der Waals surface area contributed by atoms with Gasteiger partial charge in [-0.1, -0.05) is 35.4 Å². The number of aryl methyl sites for hydroxylation is 2. The van der Waals surface area contributed by atoms with Crippen LogP contribution in [0.25, 0.3) is 0 Å². The van der Waals surface area contributed by atoms with Crippen LogP contribution in [0.4, 0.5) is 0 Å². The van der Waals surface area contributed by atoms with E-state index >= 15 is 0 Å². The van der Waals surface area contributed by atoms with Gasteiger partial charge in [0, 0.05) is 23.5 Å². The van der Waals surface area contributed by atoms with Crippen molar-refractivity contribution >= 4 is 17.8 Å². The molecule has 0 saturated heterocycles. The van der Waals surface area contributed by atoms with Crippen molar-refractivity contribution in [3.63, 3.8) is 0 Å². The first-order valence-electron chi connectivity index (χ1n) is 9.65. The van der Waals surface area contributed by atoms with Crippen molar-refractivity contribution in [2.24, 2.45) is 4.99 Å². The summed E-state index contributed by atoms with van der Waals surface area (Å²) in [4.78, 5) is 34.3. The molecule has 0 bridgehead atoms. The number of hydrogen-bond donors (Lipinski definition) is 1. The van der Waals surface area contributed by atoms with Gasteiger partial charge in [-0.3, -0.25) is 9.78 Å². The summed E-state index contributed by atoms with van der Waals surface area (Å²) < 4.78 is 5.43. The van der Waals surface area contributed by atoms with Crippen LogP contribution in [-0.2, 0) is 9.53 Å². The van der Waals surface area contributed by atoms with E-state index in [1.54, 1.807) is 24.5 Å². The second kappa shape index (κ2) is 8.29. The highest BCUT2D eigenvalue weighted by Gasteiger charge is 2.38. The molecule has 0 spiro atoms. The predicted octanol–water partition coefficient (Wildman–Crippen LogP) is 3.54. The molecule has 1 aliphatic heterocycles. The van der Waals surface area contributed by atoms with Gasteiger partial charge in [0.15, 0.2) is 6.04 Å². The third-order valence-corrected chi connectivity index (χ3v) is 4.87. The monoisotopic (exact) mass is 399 g/mol. The van der Waals surface area contributed by atoms with E-state index in [0.29, 0.717) is 11.1 Å². The number of benzene rings is 2. The van der Waals surface area contributed by atoms with Gasteiger partial charge in [-0.25, -0.2) is 9.79 Å². The third-order valence-electron chi connectivity index (χ3n) is 4.87. The maximum Gasteiger partial charge on any atom is 0.340 e. The Hall–Kier alpha value is -3.80. The van der Waals surface area contributed by atoms with Crippen LogP contribution in [0.2, 0.25) is 0 Å². The van der Waals surface area contributed by atoms with Gasteiger partial charge >= 0.3 is 5.97 Å². The number of nitrogens with zero attached hydrogens (tertiary/aromatic N) is 2. The third kappa shape index (κ3) is 4.12. The van der Waals surface area contributed by atoms with Crippen molar-refractivity contribution in [1.29, 1.82) is 0 Å². The Labute approximate surface area is 174 Å². The van der Waals surface area contributed by atoms with Gasteiger partial charge in [0.1, 0.15) is 0 Å². The molecule has 150 valence electrons. The lowest BCUT2D eigenvalue weighted by Gasteiger charge is -2.21. The zero-order valence-electron chi connectivity index (χ0n) is 16.7. The van der Waals surface area contributed by atoms with Crippen molar-refractivity contribution in [3.8, 4) is 0 Å². The lowest BCUT2D eigenvalue weighted by molar-refractivity contribution is -0.135. The Balaban J connectivity index is 1.68. The summed E-state index contributed by atoms with van der Waals surface area (Å²) in [7, 11) is 0. The number of rotatable bonds is 5. The summed E-state index contributed by atoms with van der Waals surface area (Å²) in [5.41, 5.74) is 3.95. The molecular formula is C24H21N3O3.